The number of aromatic nitrogens is 2. The molecule has 29 heavy (non-hydrogen) atoms. The van der Waals surface area contributed by atoms with Gasteiger partial charge in [-0.1, -0.05) is 6.07 Å². The average Bonchev–Trinajstić information content (AvgIpc) is 3.44. The molecule has 0 aliphatic carbocycles. The monoisotopic (exact) mass is 411 g/mol. The molecule has 0 saturated carbocycles. The van der Waals surface area contributed by atoms with E-state index in [2.05, 4.69) is 25.5 Å². The summed E-state index contributed by atoms with van der Waals surface area (Å²) in [6, 6.07) is 10.8. The second-order valence-corrected chi connectivity index (χ2v) is 7.96. The van der Waals surface area contributed by atoms with Gasteiger partial charge in [0.25, 0.3) is 5.91 Å². The second-order valence-electron chi connectivity index (χ2n) is 6.93. The molecule has 4 rings (SSSR count). The molecule has 0 bridgehead atoms. The molecule has 0 spiro atoms. The zero-order valence-electron chi connectivity index (χ0n) is 16.1. The Hall–Kier alpha value is -3.00. The third kappa shape index (κ3) is 4.54. The number of benzene rings is 1. The summed E-state index contributed by atoms with van der Waals surface area (Å²) in [6.07, 6.45) is 2.19. The summed E-state index contributed by atoms with van der Waals surface area (Å²) >= 11 is 1.60. The fourth-order valence-corrected chi connectivity index (χ4v) is 3.85. The van der Waals surface area contributed by atoms with E-state index in [4.69, 9.17) is 0 Å². The maximum absolute atomic E-state index is 14.5. The molecule has 2 N–H and O–H groups in total. The van der Waals surface area contributed by atoms with E-state index in [9.17, 15) is 9.18 Å². The van der Waals surface area contributed by atoms with Crippen LogP contribution < -0.4 is 15.5 Å². The SMILES string of the molecule is Cc1nc(N2CCCC2)nc(Nc2ccc(C(=O)NCc3cccs3)cc2)c1F. The molecule has 2 aromatic heterocycles. The van der Waals surface area contributed by atoms with E-state index in [1.807, 2.05) is 17.5 Å². The van der Waals surface area contributed by atoms with Gasteiger partial charge in [-0.25, -0.2) is 9.37 Å². The van der Waals surface area contributed by atoms with Gasteiger partial charge in [0.2, 0.25) is 5.95 Å². The van der Waals surface area contributed by atoms with E-state index in [-0.39, 0.29) is 11.7 Å². The molecule has 3 aromatic rings. The van der Waals surface area contributed by atoms with Crippen molar-refractivity contribution in [2.45, 2.75) is 26.3 Å². The van der Waals surface area contributed by atoms with Crippen molar-refractivity contribution in [2.75, 3.05) is 23.3 Å². The van der Waals surface area contributed by atoms with Gasteiger partial charge in [-0.15, -0.1) is 11.3 Å². The van der Waals surface area contributed by atoms with E-state index in [0.29, 0.717) is 29.4 Å². The smallest absolute Gasteiger partial charge is 0.251 e. The Morgan fingerprint density at radius 3 is 2.62 bits per heavy atom. The number of carbonyl (C=O) groups is 1. The molecule has 0 atom stereocenters. The molecule has 6 nitrogen and oxygen atoms in total. The highest BCUT2D eigenvalue weighted by atomic mass is 32.1. The maximum atomic E-state index is 14.5. The first-order valence-corrected chi connectivity index (χ1v) is 10.4. The molecule has 1 fully saturated rings. The van der Waals surface area contributed by atoms with Crippen LogP contribution in [0, 0.1) is 12.7 Å². The third-order valence-corrected chi connectivity index (χ3v) is 5.68. The number of carbonyl (C=O) groups excluding carboxylic acids is 1. The summed E-state index contributed by atoms with van der Waals surface area (Å²) in [5.74, 6) is 0.0822. The van der Waals surface area contributed by atoms with E-state index in [1.54, 1.807) is 42.5 Å². The predicted molar refractivity (Wildman–Crippen MR) is 113 cm³/mol. The van der Waals surface area contributed by atoms with Crippen LogP contribution >= 0.6 is 11.3 Å². The van der Waals surface area contributed by atoms with Crippen molar-refractivity contribution in [2.24, 2.45) is 0 Å². The molecule has 1 amide bonds. The van der Waals surface area contributed by atoms with Gasteiger partial charge < -0.3 is 15.5 Å². The highest BCUT2D eigenvalue weighted by Crippen LogP contribution is 2.24. The molecule has 1 aromatic carbocycles. The molecule has 3 heterocycles. The van der Waals surface area contributed by atoms with Crippen LogP contribution in [-0.4, -0.2) is 29.0 Å². The first-order chi connectivity index (χ1) is 14.1. The van der Waals surface area contributed by atoms with Crippen LogP contribution in [0.1, 0.15) is 33.8 Å². The van der Waals surface area contributed by atoms with Gasteiger partial charge >= 0.3 is 0 Å². The van der Waals surface area contributed by atoms with Crippen LogP contribution in [0.4, 0.5) is 21.8 Å². The number of halogens is 1. The van der Waals surface area contributed by atoms with Crippen molar-refractivity contribution in [3.8, 4) is 0 Å². The van der Waals surface area contributed by atoms with E-state index >= 15 is 0 Å². The summed E-state index contributed by atoms with van der Waals surface area (Å²) in [6.45, 7) is 3.92. The Morgan fingerprint density at radius 1 is 1.17 bits per heavy atom. The number of nitrogens with one attached hydrogen (secondary N) is 2. The lowest BCUT2D eigenvalue weighted by Crippen LogP contribution is -2.22. The number of aryl methyl sites for hydroxylation is 1. The lowest BCUT2D eigenvalue weighted by Gasteiger charge is -2.17. The summed E-state index contributed by atoms with van der Waals surface area (Å²) in [5.41, 5.74) is 1.52. The van der Waals surface area contributed by atoms with Crippen molar-refractivity contribution >= 4 is 34.7 Å². The van der Waals surface area contributed by atoms with Crippen molar-refractivity contribution in [3.63, 3.8) is 0 Å². The van der Waals surface area contributed by atoms with Gasteiger partial charge in [-0.05, 0) is 55.5 Å². The fraction of sp³-hybridized carbons (Fsp3) is 0.286. The normalized spacial score (nSPS) is 13.5. The minimum atomic E-state index is -0.467. The lowest BCUT2D eigenvalue weighted by atomic mass is 10.2. The zero-order valence-corrected chi connectivity index (χ0v) is 16.9. The number of nitrogens with zero attached hydrogens (tertiary/aromatic N) is 3. The van der Waals surface area contributed by atoms with Crippen LogP contribution in [0.25, 0.3) is 0 Å². The number of rotatable bonds is 6. The average molecular weight is 412 g/mol. The quantitative estimate of drug-likeness (QED) is 0.634. The van der Waals surface area contributed by atoms with Gasteiger partial charge in [0, 0.05) is 29.2 Å². The largest absolute Gasteiger partial charge is 0.347 e. The molecule has 0 unspecified atom stereocenters. The van der Waals surface area contributed by atoms with Crippen LogP contribution in [0.15, 0.2) is 41.8 Å². The van der Waals surface area contributed by atoms with Gasteiger partial charge in [-0.3, -0.25) is 4.79 Å². The van der Waals surface area contributed by atoms with Gasteiger partial charge in [-0.2, -0.15) is 4.98 Å². The minimum Gasteiger partial charge on any atom is -0.347 e. The predicted octanol–water partition coefficient (Wildman–Crippen LogP) is 4.26. The van der Waals surface area contributed by atoms with Crippen LogP contribution in [0.5, 0.6) is 0 Å². The molecule has 0 radical (unpaired) electrons. The molecule has 8 heteroatoms. The summed E-state index contributed by atoms with van der Waals surface area (Å²) in [7, 11) is 0. The highest BCUT2D eigenvalue weighted by Gasteiger charge is 2.19. The number of hydrogen-bond acceptors (Lipinski definition) is 6. The topological polar surface area (TPSA) is 70.2 Å². The Morgan fingerprint density at radius 2 is 1.93 bits per heavy atom. The number of hydrogen-bond donors (Lipinski definition) is 2. The van der Waals surface area contributed by atoms with Gasteiger partial charge in [0.1, 0.15) is 0 Å². The van der Waals surface area contributed by atoms with Crippen molar-refractivity contribution < 1.29 is 9.18 Å². The molecular formula is C21H22FN5OS. The number of amides is 1. The highest BCUT2D eigenvalue weighted by molar-refractivity contribution is 7.09. The summed E-state index contributed by atoms with van der Waals surface area (Å²) in [4.78, 5) is 24.1. The van der Waals surface area contributed by atoms with E-state index < -0.39 is 5.82 Å². The minimum absolute atomic E-state index is 0.147. The molecule has 1 saturated heterocycles. The van der Waals surface area contributed by atoms with Gasteiger partial charge in [0.05, 0.1) is 12.2 Å². The molecular weight excluding hydrogens is 389 g/mol. The molecule has 1 aliphatic rings. The first-order valence-electron chi connectivity index (χ1n) is 9.57. The standard InChI is InChI=1S/C21H22FN5OS/c1-14-18(22)19(26-21(24-14)27-10-2-3-11-27)25-16-8-6-15(7-9-16)20(28)23-13-17-5-4-12-29-17/h4-9,12H,2-3,10-11,13H2,1H3,(H,23,28)(H,24,25,26). The Labute approximate surface area is 172 Å². The maximum Gasteiger partial charge on any atom is 0.251 e. The Balaban J connectivity index is 1.45. The van der Waals surface area contributed by atoms with E-state index in [0.717, 1.165) is 30.8 Å². The first kappa shape index (κ1) is 19.3. The lowest BCUT2D eigenvalue weighted by molar-refractivity contribution is 0.0951. The third-order valence-electron chi connectivity index (χ3n) is 4.81. The Kier molecular flexibility index (Phi) is 5.71. The Bertz CT molecular complexity index is 985. The van der Waals surface area contributed by atoms with Crippen LogP contribution in [0.3, 0.4) is 0 Å². The van der Waals surface area contributed by atoms with E-state index in [1.165, 1.54) is 0 Å². The van der Waals surface area contributed by atoms with Crippen LogP contribution in [-0.2, 0) is 6.54 Å². The molecule has 1 aliphatic heterocycles. The van der Waals surface area contributed by atoms with Crippen molar-refractivity contribution in [1.29, 1.82) is 0 Å². The second kappa shape index (κ2) is 8.57. The fourth-order valence-electron chi connectivity index (χ4n) is 3.21. The van der Waals surface area contributed by atoms with Gasteiger partial charge in [0.15, 0.2) is 11.6 Å². The zero-order chi connectivity index (χ0) is 20.2. The molecule has 150 valence electrons. The van der Waals surface area contributed by atoms with Crippen molar-refractivity contribution in [1.82, 2.24) is 15.3 Å². The summed E-state index contributed by atoms with van der Waals surface area (Å²) in [5, 5.41) is 7.88. The van der Waals surface area contributed by atoms with Crippen LogP contribution in [0.2, 0.25) is 0 Å². The number of anilines is 3. The summed E-state index contributed by atoms with van der Waals surface area (Å²) < 4.78 is 14.5. The van der Waals surface area contributed by atoms with Crippen molar-refractivity contribution in [3.05, 3.63) is 63.7 Å². The number of thiophene rings is 1.